The van der Waals surface area contributed by atoms with Crippen LogP contribution in [-0.2, 0) is 9.53 Å². The standard InChI is InChI=1S/C9H17F2N3O2/c10-8(11)6-16-4-3-14-9(15)7-5-12-1-2-13-7/h7-8,12-13H,1-6H2,(H,14,15). The molecule has 7 heteroatoms. The lowest BCUT2D eigenvalue weighted by Crippen LogP contribution is -2.56. The third-order valence-electron chi connectivity index (χ3n) is 2.15. The first-order valence-corrected chi connectivity index (χ1v) is 5.28. The van der Waals surface area contributed by atoms with Gasteiger partial charge in [0.05, 0.1) is 12.6 Å². The fraction of sp³-hybridized carbons (Fsp3) is 0.889. The summed E-state index contributed by atoms with van der Waals surface area (Å²) in [7, 11) is 0. The Bertz CT molecular complexity index is 211. The van der Waals surface area contributed by atoms with Gasteiger partial charge in [0, 0.05) is 26.2 Å². The molecule has 1 atom stereocenters. The number of rotatable bonds is 6. The van der Waals surface area contributed by atoms with Crippen molar-refractivity contribution in [3.05, 3.63) is 0 Å². The van der Waals surface area contributed by atoms with Crippen molar-refractivity contribution in [2.24, 2.45) is 0 Å². The summed E-state index contributed by atoms with van der Waals surface area (Å²) < 4.78 is 28.0. The Kier molecular flexibility index (Phi) is 6.20. The van der Waals surface area contributed by atoms with Crippen LogP contribution in [0.25, 0.3) is 0 Å². The van der Waals surface area contributed by atoms with Crippen molar-refractivity contribution < 1.29 is 18.3 Å². The zero-order valence-corrected chi connectivity index (χ0v) is 8.97. The lowest BCUT2D eigenvalue weighted by Gasteiger charge is -2.23. The highest BCUT2D eigenvalue weighted by Crippen LogP contribution is 1.91. The number of piperazine rings is 1. The number of alkyl halides is 2. The Morgan fingerprint density at radius 1 is 1.50 bits per heavy atom. The van der Waals surface area contributed by atoms with Gasteiger partial charge >= 0.3 is 0 Å². The number of ether oxygens (including phenoxy) is 1. The van der Waals surface area contributed by atoms with Crippen LogP contribution in [0, 0.1) is 0 Å². The minimum Gasteiger partial charge on any atom is -0.374 e. The van der Waals surface area contributed by atoms with Crippen molar-refractivity contribution in [1.29, 1.82) is 0 Å². The van der Waals surface area contributed by atoms with Crippen molar-refractivity contribution in [2.75, 3.05) is 39.4 Å². The first-order chi connectivity index (χ1) is 7.70. The number of carbonyl (C=O) groups is 1. The van der Waals surface area contributed by atoms with Crippen LogP contribution in [0.15, 0.2) is 0 Å². The lowest BCUT2D eigenvalue weighted by atomic mass is 10.2. The first kappa shape index (κ1) is 13.3. The van der Waals surface area contributed by atoms with Crippen LogP contribution < -0.4 is 16.0 Å². The Hall–Kier alpha value is -0.790. The normalized spacial score (nSPS) is 21.1. The van der Waals surface area contributed by atoms with E-state index < -0.39 is 13.0 Å². The molecular formula is C9H17F2N3O2. The predicted molar refractivity (Wildman–Crippen MR) is 54.5 cm³/mol. The van der Waals surface area contributed by atoms with Crippen molar-refractivity contribution in [3.8, 4) is 0 Å². The van der Waals surface area contributed by atoms with Crippen LogP contribution in [0.2, 0.25) is 0 Å². The molecule has 1 fully saturated rings. The number of nitrogens with one attached hydrogen (secondary N) is 3. The topological polar surface area (TPSA) is 62.4 Å². The van der Waals surface area contributed by atoms with Gasteiger partial charge in [-0.05, 0) is 0 Å². The third kappa shape index (κ3) is 5.34. The zero-order valence-electron chi connectivity index (χ0n) is 8.97. The van der Waals surface area contributed by atoms with Gasteiger partial charge in [0.1, 0.15) is 6.61 Å². The summed E-state index contributed by atoms with van der Waals surface area (Å²) in [5.74, 6) is -0.132. The fourth-order valence-electron chi connectivity index (χ4n) is 1.38. The van der Waals surface area contributed by atoms with Crippen LogP contribution in [0.3, 0.4) is 0 Å². The minimum atomic E-state index is -2.46. The van der Waals surface area contributed by atoms with Crippen LogP contribution >= 0.6 is 0 Å². The molecule has 1 heterocycles. The molecule has 0 aromatic carbocycles. The van der Waals surface area contributed by atoms with Gasteiger partial charge in [0.2, 0.25) is 5.91 Å². The molecule has 1 aliphatic rings. The van der Waals surface area contributed by atoms with Gasteiger partial charge < -0.3 is 20.7 Å². The summed E-state index contributed by atoms with van der Waals surface area (Å²) in [6.07, 6.45) is -2.46. The molecular weight excluding hydrogens is 220 g/mol. The molecule has 1 rings (SSSR count). The van der Waals surface area contributed by atoms with Gasteiger partial charge in [0.15, 0.2) is 0 Å². The quantitative estimate of drug-likeness (QED) is 0.516. The smallest absolute Gasteiger partial charge is 0.261 e. The van der Waals surface area contributed by atoms with E-state index in [0.717, 1.165) is 13.1 Å². The van der Waals surface area contributed by atoms with Crippen molar-refractivity contribution >= 4 is 5.91 Å². The Morgan fingerprint density at radius 2 is 2.31 bits per heavy atom. The number of hydrogen-bond acceptors (Lipinski definition) is 4. The molecule has 1 aliphatic heterocycles. The molecule has 94 valence electrons. The van der Waals surface area contributed by atoms with Crippen molar-refractivity contribution in [1.82, 2.24) is 16.0 Å². The molecule has 0 saturated carbocycles. The van der Waals surface area contributed by atoms with E-state index in [1.54, 1.807) is 0 Å². The fourth-order valence-corrected chi connectivity index (χ4v) is 1.38. The molecule has 3 N–H and O–H groups in total. The highest BCUT2D eigenvalue weighted by Gasteiger charge is 2.19. The average molecular weight is 237 g/mol. The van der Waals surface area contributed by atoms with Crippen LogP contribution in [0.5, 0.6) is 0 Å². The highest BCUT2D eigenvalue weighted by molar-refractivity contribution is 5.82. The van der Waals surface area contributed by atoms with E-state index in [4.69, 9.17) is 0 Å². The van der Waals surface area contributed by atoms with E-state index in [-0.39, 0.29) is 25.1 Å². The largest absolute Gasteiger partial charge is 0.374 e. The van der Waals surface area contributed by atoms with Gasteiger partial charge in [-0.3, -0.25) is 4.79 Å². The lowest BCUT2D eigenvalue weighted by molar-refractivity contribution is -0.123. The first-order valence-electron chi connectivity index (χ1n) is 5.28. The van der Waals surface area contributed by atoms with Gasteiger partial charge in [-0.2, -0.15) is 0 Å². The van der Waals surface area contributed by atoms with Crippen molar-refractivity contribution in [2.45, 2.75) is 12.5 Å². The molecule has 1 unspecified atom stereocenters. The molecule has 0 bridgehead atoms. The maximum atomic E-state index is 11.7. The minimum absolute atomic E-state index is 0.107. The number of carbonyl (C=O) groups excluding carboxylic acids is 1. The summed E-state index contributed by atoms with van der Waals surface area (Å²) in [5, 5.41) is 8.74. The molecule has 0 aromatic heterocycles. The number of hydrogen-bond donors (Lipinski definition) is 3. The molecule has 16 heavy (non-hydrogen) atoms. The van der Waals surface area contributed by atoms with Gasteiger partial charge in [-0.25, -0.2) is 8.78 Å². The van der Waals surface area contributed by atoms with Crippen LogP contribution in [0.4, 0.5) is 8.78 Å². The Labute approximate surface area is 92.9 Å². The maximum absolute atomic E-state index is 11.7. The number of halogens is 2. The van der Waals surface area contributed by atoms with Gasteiger partial charge in [-0.15, -0.1) is 0 Å². The molecule has 0 aromatic rings. The number of amides is 1. The molecule has 0 spiro atoms. The zero-order chi connectivity index (χ0) is 11.8. The predicted octanol–water partition coefficient (Wildman–Crippen LogP) is -1.05. The summed E-state index contributed by atoms with van der Waals surface area (Å²) in [5.41, 5.74) is 0. The molecule has 5 nitrogen and oxygen atoms in total. The van der Waals surface area contributed by atoms with Gasteiger partial charge in [-0.1, -0.05) is 0 Å². The summed E-state index contributed by atoms with van der Waals surface area (Å²) in [4.78, 5) is 11.5. The van der Waals surface area contributed by atoms with Crippen molar-refractivity contribution in [3.63, 3.8) is 0 Å². The van der Waals surface area contributed by atoms with E-state index in [2.05, 4.69) is 20.7 Å². The van der Waals surface area contributed by atoms with E-state index in [1.165, 1.54) is 0 Å². The second-order valence-electron chi connectivity index (χ2n) is 3.47. The third-order valence-corrected chi connectivity index (χ3v) is 2.15. The van der Waals surface area contributed by atoms with Crippen LogP contribution in [0.1, 0.15) is 0 Å². The monoisotopic (exact) mass is 237 g/mol. The Morgan fingerprint density at radius 3 is 2.94 bits per heavy atom. The second-order valence-corrected chi connectivity index (χ2v) is 3.47. The summed E-state index contributed by atoms with van der Waals surface area (Å²) >= 11 is 0. The van der Waals surface area contributed by atoms with E-state index in [9.17, 15) is 13.6 Å². The van der Waals surface area contributed by atoms with Crippen LogP contribution in [-0.4, -0.2) is 57.8 Å². The average Bonchev–Trinajstić information content (AvgIpc) is 2.29. The maximum Gasteiger partial charge on any atom is 0.261 e. The van der Waals surface area contributed by atoms with E-state index in [0.29, 0.717) is 6.54 Å². The van der Waals surface area contributed by atoms with E-state index in [1.807, 2.05) is 0 Å². The summed E-state index contributed by atoms with van der Waals surface area (Å²) in [6, 6.07) is -0.246. The molecule has 1 amide bonds. The Balaban J connectivity index is 2.01. The van der Waals surface area contributed by atoms with E-state index >= 15 is 0 Å². The highest BCUT2D eigenvalue weighted by atomic mass is 19.3. The molecule has 1 saturated heterocycles. The second kappa shape index (κ2) is 7.48. The van der Waals surface area contributed by atoms with Gasteiger partial charge in [0.25, 0.3) is 6.43 Å². The SMILES string of the molecule is O=C(NCCOCC(F)F)C1CNCCN1. The molecule has 0 radical (unpaired) electrons. The summed E-state index contributed by atoms with van der Waals surface area (Å²) in [6.45, 7) is 1.96. The molecule has 0 aliphatic carbocycles.